The summed E-state index contributed by atoms with van der Waals surface area (Å²) in [5.74, 6) is 1.65. The molecule has 0 aliphatic carbocycles. The van der Waals surface area contributed by atoms with E-state index in [0.29, 0.717) is 18.1 Å². The zero-order valence-corrected chi connectivity index (χ0v) is 9.34. The average Bonchev–Trinajstić information content (AvgIpc) is 2.66. The Morgan fingerprint density at radius 3 is 2.81 bits per heavy atom. The summed E-state index contributed by atoms with van der Waals surface area (Å²) in [4.78, 5) is 17.1. The number of pyridine rings is 1. The van der Waals surface area contributed by atoms with Gasteiger partial charge in [-0.15, -0.1) is 0 Å². The van der Waals surface area contributed by atoms with Crippen LogP contribution in [0, 0.1) is 0 Å². The summed E-state index contributed by atoms with van der Waals surface area (Å²) in [6, 6.07) is 5.73. The van der Waals surface area contributed by atoms with Gasteiger partial charge in [0.2, 0.25) is 0 Å². The lowest BCUT2D eigenvalue weighted by molar-refractivity contribution is 0.112. The molecule has 2 rings (SSSR count). The second-order valence-corrected chi connectivity index (χ2v) is 3.73. The lowest BCUT2D eigenvalue weighted by atomic mass is 10.3. The predicted octanol–water partition coefficient (Wildman–Crippen LogP) is 0.671. The maximum absolute atomic E-state index is 10.9. The molecule has 0 aliphatic rings. The highest BCUT2D eigenvalue weighted by molar-refractivity contribution is 5.84. The lowest BCUT2D eigenvalue weighted by Gasteiger charge is -2.15. The highest BCUT2D eigenvalue weighted by Crippen LogP contribution is 2.19. The number of anilines is 1. The van der Waals surface area contributed by atoms with Crippen LogP contribution in [0.25, 0.3) is 5.52 Å². The second-order valence-electron chi connectivity index (χ2n) is 3.73. The summed E-state index contributed by atoms with van der Waals surface area (Å²) >= 11 is 0. The van der Waals surface area contributed by atoms with E-state index in [1.807, 2.05) is 41.6 Å². The van der Waals surface area contributed by atoms with E-state index in [0.717, 1.165) is 17.6 Å². The van der Waals surface area contributed by atoms with Crippen LogP contribution in [0.2, 0.25) is 0 Å². The Hall–Kier alpha value is -1.88. The van der Waals surface area contributed by atoms with Crippen molar-refractivity contribution in [3.63, 3.8) is 0 Å². The largest absolute Gasteiger partial charge is 0.364 e. The van der Waals surface area contributed by atoms with E-state index in [1.54, 1.807) is 0 Å². The van der Waals surface area contributed by atoms with Gasteiger partial charge in [-0.2, -0.15) is 0 Å². The highest BCUT2D eigenvalue weighted by atomic mass is 16.1. The first-order valence-electron chi connectivity index (χ1n) is 5.02. The van der Waals surface area contributed by atoms with Gasteiger partial charge in [-0.3, -0.25) is 9.20 Å². The van der Waals surface area contributed by atoms with Gasteiger partial charge in [0.05, 0.1) is 12.1 Å². The van der Waals surface area contributed by atoms with Crippen LogP contribution in [0.15, 0.2) is 18.2 Å². The summed E-state index contributed by atoms with van der Waals surface area (Å²) in [5, 5.41) is 0. The van der Waals surface area contributed by atoms with E-state index in [4.69, 9.17) is 5.73 Å². The van der Waals surface area contributed by atoms with Gasteiger partial charge in [0, 0.05) is 14.1 Å². The lowest BCUT2D eigenvalue weighted by Crippen LogP contribution is -2.15. The number of aldehydes is 1. The van der Waals surface area contributed by atoms with Crippen molar-refractivity contribution < 1.29 is 4.79 Å². The topological polar surface area (TPSA) is 63.6 Å². The summed E-state index contributed by atoms with van der Waals surface area (Å²) in [5.41, 5.74) is 6.86. The molecule has 0 aliphatic heterocycles. The molecule has 2 aromatic heterocycles. The van der Waals surface area contributed by atoms with Gasteiger partial charge in [0.1, 0.15) is 17.3 Å². The summed E-state index contributed by atoms with van der Waals surface area (Å²) < 4.78 is 1.91. The number of imidazole rings is 1. The van der Waals surface area contributed by atoms with E-state index in [1.165, 1.54) is 0 Å². The zero-order valence-electron chi connectivity index (χ0n) is 9.34. The minimum atomic E-state index is 0.305. The van der Waals surface area contributed by atoms with Crippen LogP contribution in [-0.2, 0) is 6.54 Å². The van der Waals surface area contributed by atoms with Gasteiger partial charge in [0.15, 0.2) is 6.29 Å². The van der Waals surface area contributed by atoms with Crippen LogP contribution in [0.4, 0.5) is 5.82 Å². The Balaban J connectivity index is 2.84. The summed E-state index contributed by atoms with van der Waals surface area (Å²) in [6.07, 6.45) is 0.758. The van der Waals surface area contributed by atoms with Crippen molar-refractivity contribution in [2.45, 2.75) is 6.54 Å². The van der Waals surface area contributed by atoms with E-state index in [9.17, 15) is 4.79 Å². The quantitative estimate of drug-likeness (QED) is 0.769. The Bertz CT molecular complexity index is 530. The molecule has 0 unspecified atom stereocenters. The van der Waals surface area contributed by atoms with Crippen LogP contribution in [0.1, 0.15) is 16.3 Å². The maximum Gasteiger partial charge on any atom is 0.170 e. The minimum absolute atomic E-state index is 0.305. The van der Waals surface area contributed by atoms with Crippen LogP contribution >= 0.6 is 0 Å². The monoisotopic (exact) mass is 218 g/mol. The maximum atomic E-state index is 10.9. The summed E-state index contributed by atoms with van der Waals surface area (Å²) in [7, 11) is 3.88. The standard InChI is InChI=1S/C11H14N4O/c1-14(2)11-5-3-4-9-8(7-16)13-10(6-12)15(9)11/h3-5,7H,6,12H2,1-2H3. The fourth-order valence-corrected chi connectivity index (χ4v) is 1.79. The highest BCUT2D eigenvalue weighted by Gasteiger charge is 2.12. The Kier molecular flexibility index (Phi) is 2.62. The Morgan fingerprint density at radius 2 is 2.25 bits per heavy atom. The van der Waals surface area contributed by atoms with Crippen molar-refractivity contribution in [1.29, 1.82) is 0 Å². The van der Waals surface area contributed by atoms with E-state index in [2.05, 4.69) is 4.98 Å². The van der Waals surface area contributed by atoms with Gasteiger partial charge in [-0.05, 0) is 12.1 Å². The SMILES string of the molecule is CN(C)c1cccc2c(C=O)nc(CN)n12. The molecule has 0 spiro atoms. The number of carbonyl (C=O) groups is 1. The van der Waals surface area contributed by atoms with E-state index < -0.39 is 0 Å². The molecular weight excluding hydrogens is 204 g/mol. The minimum Gasteiger partial charge on any atom is -0.364 e. The van der Waals surface area contributed by atoms with E-state index >= 15 is 0 Å². The number of hydrogen-bond acceptors (Lipinski definition) is 4. The van der Waals surface area contributed by atoms with Crippen LogP contribution in [0.3, 0.4) is 0 Å². The van der Waals surface area contributed by atoms with Crippen molar-refractivity contribution in [2.24, 2.45) is 5.73 Å². The van der Waals surface area contributed by atoms with Gasteiger partial charge in [-0.1, -0.05) is 6.07 Å². The Labute approximate surface area is 93.5 Å². The van der Waals surface area contributed by atoms with Gasteiger partial charge >= 0.3 is 0 Å². The molecule has 0 saturated heterocycles. The van der Waals surface area contributed by atoms with Crippen molar-refractivity contribution in [2.75, 3.05) is 19.0 Å². The molecule has 0 aromatic carbocycles. The van der Waals surface area contributed by atoms with Gasteiger partial charge < -0.3 is 10.6 Å². The van der Waals surface area contributed by atoms with E-state index in [-0.39, 0.29) is 0 Å². The smallest absolute Gasteiger partial charge is 0.170 e. The molecule has 0 bridgehead atoms. The molecule has 0 radical (unpaired) electrons. The number of carbonyl (C=O) groups excluding carboxylic acids is 1. The number of rotatable bonds is 3. The fourth-order valence-electron chi connectivity index (χ4n) is 1.79. The van der Waals surface area contributed by atoms with Gasteiger partial charge in [-0.25, -0.2) is 4.98 Å². The first kappa shape index (κ1) is 10.6. The molecular formula is C11H14N4O. The molecule has 84 valence electrons. The molecule has 5 nitrogen and oxygen atoms in total. The number of nitrogens with zero attached hydrogens (tertiary/aromatic N) is 3. The predicted molar refractivity (Wildman–Crippen MR) is 62.8 cm³/mol. The molecule has 0 amide bonds. The molecule has 5 heteroatoms. The van der Waals surface area contributed by atoms with Crippen molar-refractivity contribution in [3.05, 3.63) is 29.7 Å². The third kappa shape index (κ3) is 1.45. The number of aromatic nitrogens is 2. The first-order valence-corrected chi connectivity index (χ1v) is 5.02. The number of hydrogen-bond donors (Lipinski definition) is 1. The molecule has 16 heavy (non-hydrogen) atoms. The molecule has 0 atom stereocenters. The number of fused-ring (bicyclic) bond motifs is 1. The fraction of sp³-hybridized carbons (Fsp3) is 0.273. The Morgan fingerprint density at radius 1 is 1.50 bits per heavy atom. The average molecular weight is 218 g/mol. The third-order valence-electron chi connectivity index (χ3n) is 2.49. The molecule has 2 N–H and O–H groups in total. The zero-order chi connectivity index (χ0) is 11.7. The van der Waals surface area contributed by atoms with Crippen LogP contribution < -0.4 is 10.6 Å². The molecule has 0 saturated carbocycles. The van der Waals surface area contributed by atoms with Crippen LogP contribution in [-0.4, -0.2) is 29.8 Å². The van der Waals surface area contributed by atoms with Crippen molar-refractivity contribution in [3.8, 4) is 0 Å². The summed E-state index contributed by atoms with van der Waals surface area (Å²) in [6.45, 7) is 0.305. The molecule has 0 fully saturated rings. The normalized spacial score (nSPS) is 10.7. The van der Waals surface area contributed by atoms with Crippen LogP contribution in [0.5, 0.6) is 0 Å². The first-order chi connectivity index (χ1) is 7.69. The molecule has 2 heterocycles. The third-order valence-corrected chi connectivity index (χ3v) is 2.49. The number of nitrogens with two attached hydrogens (primary N) is 1. The van der Waals surface area contributed by atoms with Crippen molar-refractivity contribution >= 4 is 17.6 Å². The second kappa shape index (κ2) is 3.94. The van der Waals surface area contributed by atoms with Crippen molar-refractivity contribution in [1.82, 2.24) is 9.38 Å². The van der Waals surface area contributed by atoms with Gasteiger partial charge in [0.25, 0.3) is 0 Å². The molecule has 2 aromatic rings.